The van der Waals surface area contributed by atoms with Gasteiger partial charge in [0, 0.05) is 5.56 Å². The minimum Gasteiger partial charge on any atom is -0.457 e. The van der Waals surface area contributed by atoms with Crippen molar-refractivity contribution in [2.75, 3.05) is 0 Å². The van der Waals surface area contributed by atoms with Gasteiger partial charge in [-0.05, 0) is 38.0 Å². The number of benzene rings is 2. The number of ether oxygens (including phenoxy) is 1. The van der Waals surface area contributed by atoms with E-state index in [1.807, 2.05) is 0 Å². The fourth-order valence-corrected chi connectivity index (χ4v) is 2.22. The number of hydrogen-bond acceptors (Lipinski definition) is 1. The van der Waals surface area contributed by atoms with Crippen LogP contribution in [0.5, 0.6) is 5.75 Å². The van der Waals surface area contributed by atoms with Gasteiger partial charge in [0.15, 0.2) is 0 Å². The highest BCUT2D eigenvalue weighted by Gasteiger charge is 2.13. The lowest BCUT2D eigenvalue weighted by atomic mass is 10.0. The van der Waals surface area contributed by atoms with Crippen LogP contribution < -0.4 is 4.74 Å². The van der Waals surface area contributed by atoms with Gasteiger partial charge in [-0.2, -0.15) is 0 Å². The molecular weight excluding hydrogens is 220 g/mol. The third-order valence-electron chi connectivity index (χ3n) is 3.28. The lowest BCUT2D eigenvalue weighted by Gasteiger charge is -2.19. The summed E-state index contributed by atoms with van der Waals surface area (Å²) in [6, 6.07) is 14.8. The normalized spacial score (nSPS) is 13.6. The summed E-state index contributed by atoms with van der Waals surface area (Å²) >= 11 is 0. The molecule has 0 amide bonds. The highest BCUT2D eigenvalue weighted by molar-refractivity contribution is 5.65. The molecular formula is C17H16O. The van der Waals surface area contributed by atoms with Crippen LogP contribution in [0.25, 0.3) is 5.76 Å². The Morgan fingerprint density at radius 1 is 0.889 bits per heavy atom. The maximum absolute atomic E-state index is 5.97. The Morgan fingerprint density at radius 3 is 2.39 bits per heavy atom. The molecule has 0 unspecified atom stereocenters. The molecule has 2 aromatic rings. The fourth-order valence-electron chi connectivity index (χ4n) is 2.22. The van der Waals surface area contributed by atoms with E-state index in [-0.39, 0.29) is 0 Å². The SMILES string of the molecule is Cc1ccc(C2=CCc3cc(C)ccc3O2)cc1. The standard InChI is InChI=1S/C17H16O/c1-12-3-6-14(7-4-12)16-10-8-15-11-13(2)5-9-17(15)18-16/h3-7,9-11H,8H2,1-2H3. The predicted molar refractivity (Wildman–Crippen MR) is 74.7 cm³/mol. The molecule has 1 heteroatoms. The summed E-state index contributed by atoms with van der Waals surface area (Å²) in [7, 11) is 0. The summed E-state index contributed by atoms with van der Waals surface area (Å²) in [5.74, 6) is 1.95. The van der Waals surface area contributed by atoms with Gasteiger partial charge >= 0.3 is 0 Å². The monoisotopic (exact) mass is 236 g/mol. The van der Waals surface area contributed by atoms with E-state index in [1.165, 1.54) is 16.7 Å². The Hall–Kier alpha value is -2.02. The molecule has 0 atom stereocenters. The summed E-state index contributed by atoms with van der Waals surface area (Å²) in [5, 5.41) is 0. The molecule has 2 aromatic carbocycles. The smallest absolute Gasteiger partial charge is 0.131 e. The maximum atomic E-state index is 5.97. The summed E-state index contributed by atoms with van der Waals surface area (Å²) in [4.78, 5) is 0. The zero-order chi connectivity index (χ0) is 12.5. The van der Waals surface area contributed by atoms with Crippen molar-refractivity contribution >= 4 is 5.76 Å². The zero-order valence-electron chi connectivity index (χ0n) is 10.7. The largest absolute Gasteiger partial charge is 0.457 e. The van der Waals surface area contributed by atoms with Crippen molar-refractivity contribution < 1.29 is 4.74 Å². The van der Waals surface area contributed by atoms with Crippen molar-refractivity contribution in [1.29, 1.82) is 0 Å². The van der Waals surface area contributed by atoms with Crippen molar-refractivity contribution in [3.63, 3.8) is 0 Å². The second-order valence-electron chi connectivity index (χ2n) is 4.85. The van der Waals surface area contributed by atoms with E-state index in [1.54, 1.807) is 0 Å². The molecule has 0 radical (unpaired) electrons. The van der Waals surface area contributed by atoms with Crippen molar-refractivity contribution in [3.8, 4) is 5.75 Å². The predicted octanol–water partition coefficient (Wildman–Crippen LogP) is 4.28. The van der Waals surface area contributed by atoms with Gasteiger partial charge in [-0.15, -0.1) is 0 Å². The lowest BCUT2D eigenvalue weighted by Crippen LogP contribution is -2.04. The molecule has 3 rings (SSSR count). The molecule has 1 nitrogen and oxygen atoms in total. The van der Waals surface area contributed by atoms with Crippen LogP contribution in [0, 0.1) is 13.8 Å². The van der Waals surface area contributed by atoms with Crippen LogP contribution in [0.3, 0.4) is 0 Å². The van der Waals surface area contributed by atoms with Crippen molar-refractivity contribution in [3.05, 3.63) is 70.8 Å². The minimum absolute atomic E-state index is 0.945. The van der Waals surface area contributed by atoms with E-state index in [4.69, 9.17) is 4.74 Å². The van der Waals surface area contributed by atoms with Crippen LogP contribution in [0.1, 0.15) is 22.3 Å². The Morgan fingerprint density at radius 2 is 1.61 bits per heavy atom. The molecule has 0 N–H and O–H groups in total. The molecule has 90 valence electrons. The number of rotatable bonds is 1. The van der Waals surface area contributed by atoms with Crippen molar-refractivity contribution in [2.45, 2.75) is 20.3 Å². The maximum Gasteiger partial charge on any atom is 0.131 e. The van der Waals surface area contributed by atoms with E-state index in [9.17, 15) is 0 Å². The number of allylic oxidation sites excluding steroid dienone is 1. The van der Waals surface area contributed by atoms with Crippen LogP contribution in [0.15, 0.2) is 48.5 Å². The summed E-state index contributed by atoms with van der Waals surface area (Å²) in [5.41, 5.74) is 4.97. The number of fused-ring (bicyclic) bond motifs is 1. The third-order valence-corrected chi connectivity index (χ3v) is 3.28. The van der Waals surface area contributed by atoms with Crippen LogP contribution in [-0.2, 0) is 6.42 Å². The molecule has 1 heterocycles. The second kappa shape index (κ2) is 4.34. The number of hydrogen-bond donors (Lipinski definition) is 0. The van der Waals surface area contributed by atoms with Crippen LogP contribution in [-0.4, -0.2) is 0 Å². The minimum atomic E-state index is 0.945. The molecule has 0 saturated carbocycles. The molecule has 0 spiro atoms. The summed E-state index contributed by atoms with van der Waals surface area (Å²) < 4.78 is 5.97. The first-order valence-corrected chi connectivity index (χ1v) is 6.27. The first kappa shape index (κ1) is 11.1. The molecule has 18 heavy (non-hydrogen) atoms. The van der Waals surface area contributed by atoms with Crippen molar-refractivity contribution in [1.82, 2.24) is 0 Å². The van der Waals surface area contributed by atoms with E-state index >= 15 is 0 Å². The quantitative estimate of drug-likeness (QED) is 0.718. The average Bonchev–Trinajstić information content (AvgIpc) is 2.39. The Labute approximate surface area is 108 Å². The van der Waals surface area contributed by atoms with Gasteiger partial charge in [-0.1, -0.05) is 47.5 Å². The lowest BCUT2D eigenvalue weighted by molar-refractivity contribution is 0.498. The molecule has 1 aliphatic rings. The van der Waals surface area contributed by atoms with Crippen LogP contribution >= 0.6 is 0 Å². The fraction of sp³-hybridized carbons (Fsp3) is 0.176. The average molecular weight is 236 g/mol. The van der Waals surface area contributed by atoms with Gasteiger partial charge in [0.25, 0.3) is 0 Å². The van der Waals surface area contributed by atoms with Gasteiger partial charge in [-0.25, -0.2) is 0 Å². The van der Waals surface area contributed by atoms with Crippen LogP contribution in [0.4, 0.5) is 0 Å². The summed E-state index contributed by atoms with van der Waals surface area (Å²) in [6.45, 7) is 4.21. The van der Waals surface area contributed by atoms with Gasteiger partial charge in [-0.3, -0.25) is 0 Å². The molecule has 0 aromatic heterocycles. The molecule has 0 bridgehead atoms. The molecule has 0 aliphatic carbocycles. The van der Waals surface area contributed by atoms with E-state index in [0.717, 1.165) is 23.5 Å². The Bertz CT molecular complexity index is 606. The van der Waals surface area contributed by atoms with Gasteiger partial charge in [0.05, 0.1) is 0 Å². The summed E-state index contributed by atoms with van der Waals surface area (Å²) in [6.07, 6.45) is 3.10. The third kappa shape index (κ3) is 2.04. The Balaban J connectivity index is 1.92. The van der Waals surface area contributed by atoms with E-state index < -0.39 is 0 Å². The second-order valence-corrected chi connectivity index (χ2v) is 4.85. The van der Waals surface area contributed by atoms with Crippen LogP contribution in [0.2, 0.25) is 0 Å². The topological polar surface area (TPSA) is 9.23 Å². The number of aryl methyl sites for hydroxylation is 2. The van der Waals surface area contributed by atoms with Gasteiger partial charge in [0.2, 0.25) is 0 Å². The molecule has 0 saturated heterocycles. The van der Waals surface area contributed by atoms with Crippen molar-refractivity contribution in [2.24, 2.45) is 0 Å². The van der Waals surface area contributed by atoms with Gasteiger partial charge in [0.1, 0.15) is 11.5 Å². The van der Waals surface area contributed by atoms with E-state index in [0.29, 0.717) is 0 Å². The molecule has 1 aliphatic heterocycles. The zero-order valence-corrected chi connectivity index (χ0v) is 10.7. The highest BCUT2D eigenvalue weighted by atomic mass is 16.5. The molecule has 0 fully saturated rings. The highest BCUT2D eigenvalue weighted by Crippen LogP contribution is 2.31. The Kier molecular flexibility index (Phi) is 2.67. The first-order chi connectivity index (χ1) is 8.72. The van der Waals surface area contributed by atoms with Gasteiger partial charge < -0.3 is 4.74 Å². The first-order valence-electron chi connectivity index (χ1n) is 6.27. The van der Waals surface area contributed by atoms with E-state index in [2.05, 4.69) is 62.4 Å².